The first-order valence-corrected chi connectivity index (χ1v) is 9.79. The van der Waals surface area contributed by atoms with Gasteiger partial charge in [0.2, 0.25) is 5.01 Å². The summed E-state index contributed by atoms with van der Waals surface area (Å²) in [4.78, 5) is 14.2. The molecular formula is C10H13N5O4S3. The van der Waals surface area contributed by atoms with Gasteiger partial charge in [0, 0.05) is 11.5 Å². The highest BCUT2D eigenvalue weighted by molar-refractivity contribution is 8.02. The normalized spacial score (nSPS) is 11.7. The lowest BCUT2D eigenvalue weighted by Gasteiger charge is -1.98. The van der Waals surface area contributed by atoms with Gasteiger partial charge >= 0.3 is 5.82 Å². The second-order valence-corrected chi connectivity index (χ2v) is 9.01. The van der Waals surface area contributed by atoms with Gasteiger partial charge in [-0.05, 0) is 4.92 Å². The summed E-state index contributed by atoms with van der Waals surface area (Å²) < 4.78 is 24.7. The summed E-state index contributed by atoms with van der Waals surface area (Å²) in [6, 6.07) is 0. The Morgan fingerprint density at radius 1 is 1.45 bits per heavy atom. The Hall–Kier alpha value is -1.53. The Bertz CT molecular complexity index is 782. The number of thioether (sulfide) groups is 1. The standard InChI is InChI=1S/C10H13N5O4S3/c1-3-22(18,19)5-4-20-10-13-12-9(21-10)8-11-6-7(14(8)2)15(16)17/h6H,3-5H2,1-2H3. The van der Waals surface area contributed by atoms with E-state index in [1.165, 1.54) is 34.7 Å². The SMILES string of the molecule is CCS(=O)(=O)CCSc1nnc(-c2ncc([N+](=O)[O-])n2C)s1. The van der Waals surface area contributed by atoms with Crippen molar-refractivity contribution in [2.75, 3.05) is 17.3 Å². The molecule has 0 amide bonds. The highest BCUT2D eigenvalue weighted by atomic mass is 32.2. The van der Waals surface area contributed by atoms with E-state index in [2.05, 4.69) is 15.2 Å². The first-order valence-electron chi connectivity index (χ1n) is 6.17. The van der Waals surface area contributed by atoms with E-state index >= 15 is 0 Å². The van der Waals surface area contributed by atoms with Crippen molar-refractivity contribution in [2.45, 2.75) is 11.3 Å². The van der Waals surface area contributed by atoms with Crippen LogP contribution in [0.3, 0.4) is 0 Å². The average Bonchev–Trinajstić information content (AvgIpc) is 3.05. The van der Waals surface area contributed by atoms with Crippen molar-refractivity contribution in [1.29, 1.82) is 0 Å². The molecule has 0 atom stereocenters. The van der Waals surface area contributed by atoms with Crippen molar-refractivity contribution in [3.05, 3.63) is 16.3 Å². The number of rotatable bonds is 7. The van der Waals surface area contributed by atoms with Gasteiger partial charge in [0.25, 0.3) is 5.82 Å². The molecule has 0 N–H and O–H groups in total. The minimum absolute atomic E-state index is 0.0803. The van der Waals surface area contributed by atoms with Gasteiger partial charge in [-0.1, -0.05) is 30.0 Å². The molecule has 0 aliphatic heterocycles. The molecule has 120 valence electrons. The van der Waals surface area contributed by atoms with E-state index in [0.717, 1.165) is 6.20 Å². The molecule has 2 aromatic rings. The van der Waals surface area contributed by atoms with Crippen molar-refractivity contribution >= 4 is 38.8 Å². The summed E-state index contributed by atoms with van der Waals surface area (Å²) >= 11 is 2.52. The topological polar surface area (TPSA) is 121 Å². The van der Waals surface area contributed by atoms with Gasteiger partial charge in [0.05, 0.1) is 12.8 Å². The van der Waals surface area contributed by atoms with Crippen LogP contribution >= 0.6 is 23.1 Å². The van der Waals surface area contributed by atoms with Crippen molar-refractivity contribution in [3.8, 4) is 10.8 Å². The van der Waals surface area contributed by atoms with Gasteiger partial charge in [-0.15, -0.1) is 10.2 Å². The van der Waals surface area contributed by atoms with E-state index in [4.69, 9.17) is 0 Å². The molecule has 9 nitrogen and oxygen atoms in total. The first kappa shape index (κ1) is 16.8. The van der Waals surface area contributed by atoms with Gasteiger partial charge < -0.3 is 10.1 Å². The lowest BCUT2D eigenvalue weighted by Crippen LogP contribution is -2.10. The molecule has 0 aliphatic rings. The quantitative estimate of drug-likeness (QED) is 0.411. The summed E-state index contributed by atoms with van der Waals surface area (Å²) in [6.45, 7) is 1.61. The van der Waals surface area contributed by atoms with Crippen molar-refractivity contribution in [3.63, 3.8) is 0 Å². The molecule has 2 aromatic heterocycles. The monoisotopic (exact) mass is 363 g/mol. The first-order chi connectivity index (χ1) is 10.3. The lowest BCUT2D eigenvalue weighted by atomic mass is 10.6. The fourth-order valence-electron chi connectivity index (χ4n) is 1.53. The van der Waals surface area contributed by atoms with E-state index in [1.54, 1.807) is 6.92 Å². The number of nitrogens with zero attached hydrogens (tertiary/aromatic N) is 5. The van der Waals surface area contributed by atoms with Crippen LogP contribution in [-0.2, 0) is 16.9 Å². The van der Waals surface area contributed by atoms with Crippen LogP contribution in [0.1, 0.15) is 6.92 Å². The van der Waals surface area contributed by atoms with Crippen LogP contribution < -0.4 is 0 Å². The van der Waals surface area contributed by atoms with E-state index < -0.39 is 14.8 Å². The highest BCUT2D eigenvalue weighted by Crippen LogP contribution is 2.30. The zero-order valence-corrected chi connectivity index (χ0v) is 14.2. The van der Waals surface area contributed by atoms with E-state index in [1.807, 2.05) is 0 Å². The van der Waals surface area contributed by atoms with Crippen LogP contribution in [0.5, 0.6) is 0 Å². The molecule has 0 aliphatic carbocycles. The summed E-state index contributed by atoms with van der Waals surface area (Å²) in [5, 5.41) is 19.1. The number of hydrogen-bond donors (Lipinski definition) is 0. The van der Waals surface area contributed by atoms with E-state index in [0.29, 0.717) is 20.9 Å². The van der Waals surface area contributed by atoms with Crippen LogP contribution in [-0.4, -0.2) is 50.3 Å². The van der Waals surface area contributed by atoms with Gasteiger partial charge in [0.1, 0.15) is 6.20 Å². The smallest absolute Gasteiger partial charge is 0.342 e. The molecule has 0 spiro atoms. The third-order valence-corrected chi connectivity index (χ3v) is 6.83. The number of hydrogen-bond acceptors (Lipinski definition) is 9. The summed E-state index contributed by atoms with van der Waals surface area (Å²) in [7, 11) is -1.47. The molecule has 2 heterocycles. The maximum Gasteiger partial charge on any atom is 0.342 e. The third-order valence-electron chi connectivity index (χ3n) is 2.81. The lowest BCUT2D eigenvalue weighted by molar-refractivity contribution is -0.391. The Morgan fingerprint density at radius 2 is 2.18 bits per heavy atom. The molecule has 0 radical (unpaired) electrons. The number of nitro groups is 1. The molecule has 12 heteroatoms. The highest BCUT2D eigenvalue weighted by Gasteiger charge is 2.21. The Kier molecular flexibility index (Phi) is 5.13. The number of aromatic nitrogens is 4. The Balaban J connectivity index is 2.07. The van der Waals surface area contributed by atoms with Crippen molar-refractivity contribution in [2.24, 2.45) is 7.05 Å². The van der Waals surface area contributed by atoms with Crippen molar-refractivity contribution in [1.82, 2.24) is 19.7 Å². The predicted molar refractivity (Wildman–Crippen MR) is 83.8 cm³/mol. The molecular weight excluding hydrogens is 350 g/mol. The largest absolute Gasteiger partial charge is 0.358 e. The van der Waals surface area contributed by atoms with Crippen LogP contribution in [0.4, 0.5) is 5.82 Å². The Labute approximate surface area is 134 Å². The van der Waals surface area contributed by atoms with Gasteiger partial charge in [-0.2, -0.15) is 0 Å². The fourth-order valence-corrected chi connectivity index (χ4v) is 4.77. The van der Waals surface area contributed by atoms with E-state index in [9.17, 15) is 18.5 Å². The van der Waals surface area contributed by atoms with Crippen LogP contribution in [0.25, 0.3) is 10.8 Å². The molecule has 2 rings (SSSR count). The van der Waals surface area contributed by atoms with Gasteiger partial charge in [0.15, 0.2) is 14.2 Å². The zero-order chi connectivity index (χ0) is 16.3. The van der Waals surface area contributed by atoms with Crippen LogP contribution in [0.2, 0.25) is 0 Å². The molecule has 0 unspecified atom stereocenters. The minimum atomic E-state index is -3.00. The van der Waals surface area contributed by atoms with Crippen LogP contribution in [0, 0.1) is 10.1 Å². The molecule has 0 bridgehead atoms. The average molecular weight is 363 g/mol. The molecule has 0 saturated carbocycles. The summed E-state index contributed by atoms with van der Waals surface area (Å²) in [6.07, 6.45) is 1.16. The zero-order valence-electron chi connectivity index (χ0n) is 11.8. The van der Waals surface area contributed by atoms with Crippen LogP contribution in [0.15, 0.2) is 10.5 Å². The molecule has 0 aromatic carbocycles. The molecule has 0 fully saturated rings. The summed E-state index contributed by atoms with van der Waals surface area (Å²) in [5.74, 6) is 0.819. The summed E-state index contributed by atoms with van der Waals surface area (Å²) in [5.41, 5.74) is 0. The van der Waals surface area contributed by atoms with E-state index in [-0.39, 0.29) is 17.3 Å². The van der Waals surface area contributed by atoms with Gasteiger partial charge in [-0.25, -0.2) is 18.0 Å². The fraction of sp³-hybridized carbons (Fsp3) is 0.500. The maximum atomic E-state index is 11.4. The van der Waals surface area contributed by atoms with Gasteiger partial charge in [-0.3, -0.25) is 0 Å². The molecule has 22 heavy (non-hydrogen) atoms. The Morgan fingerprint density at radius 3 is 2.77 bits per heavy atom. The van der Waals surface area contributed by atoms with Crippen molar-refractivity contribution < 1.29 is 13.3 Å². The molecule has 0 saturated heterocycles. The third kappa shape index (κ3) is 3.81. The minimum Gasteiger partial charge on any atom is -0.358 e. The predicted octanol–water partition coefficient (Wildman–Crippen LogP) is 1.37. The second-order valence-electron chi connectivity index (χ2n) is 4.21. The maximum absolute atomic E-state index is 11.4. The second kappa shape index (κ2) is 6.71. The number of sulfone groups is 1. The number of imidazole rings is 1.